The highest BCUT2D eigenvalue weighted by Gasteiger charge is 2.14. The summed E-state index contributed by atoms with van der Waals surface area (Å²) in [6.45, 7) is 2.16. The molecule has 0 unspecified atom stereocenters. The molecule has 0 spiro atoms. The van der Waals surface area contributed by atoms with E-state index >= 15 is 0 Å². The molecule has 22 heavy (non-hydrogen) atoms. The number of aromatic nitrogens is 2. The highest BCUT2D eigenvalue weighted by Crippen LogP contribution is 2.03. The lowest BCUT2D eigenvalue weighted by atomic mass is 10.2. The van der Waals surface area contributed by atoms with Crippen LogP contribution in [0.3, 0.4) is 0 Å². The van der Waals surface area contributed by atoms with Crippen LogP contribution in [-0.4, -0.2) is 33.2 Å². The molecule has 0 atom stereocenters. The smallest absolute Gasteiger partial charge is 0.239 e. The molecule has 1 N–H and O–H groups in total. The number of carbonyl (C=O) groups excluding carboxylic acids is 2. The van der Waals surface area contributed by atoms with Gasteiger partial charge in [0, 0.05) is 32.1 Å². The van der Waals surface area contributed by atoms with Crippen molar-refractivity contribution in [2.45, 2.75) is 20.0 Å². The Morgan fingerprint density at radius 2 is 2.05 bits per heavy atom. The highest BCUT2D eigenvalue weighted by molar-refractivity contribution is 5.83. The van der Waals surface area contributed by atoms with Gasteiger partial charge in [-0.05, 0) is 23.8 Å². The lowest BCUT2D eigenvalue weighted by Crippen LogP contribution is -2.39. The zero-order chi connectivity index (χ0) is 15.8. The molecule has 2 aromatic heterocycles. The van der Waals surface area contributed by atoms with Crippen molar-refractivity contribution in [1.29, 1.82) is 0 Å². The van der Waals surface area contributed by atoms with E-state index in [1.165, 1.54) is 11.8 Å². The molecule has 0 radical (unpaired) electrons. The Kier molecular flexibility index (Phi) is 5.59. The van der Waals surface area contributed by atoms with E-state index in [-0.39, 0.29) is 18.4 Å². The van der Waals surface area contributed by atoms with Crippen molar-refractivity contribution in [3.8, 4) is 0 Å². The Morgan fingerprint density at radius 1 is 1.18 bits per heavy atom. The third kappa shape index (κ3) is 4.97. The van der Waals surface area contributed by atoms with E-state index in [2.05, 4.69) is 15.3 Å². The molecule has 2 amide bonds. The Morgan fingerprint density at radius 3 is 2.68 bits per heavy atom. The predicted octanol–water partition coefficient (Wildman–Crippen LogP) is 1.14. The van der Waals surface area contributed by atoms with Gasteiger partial charge in [0.15, 0.2) is 0 Å². The van der Waals surface area contributed by atoms with Crippen molar-refractivity contribution in [2.24, 2.45) is 0 Å². The monoisotopic (exact) mass is 298 g/mol. The fourth-order valence-electron chi connectivity index (χ4n) is 1.91. The summed E-state index contributed by atoms with van der Waals surface area (Å²) in [6.07, 6.45) is 5.02. The molecule has 0 aliphatic carbocycles. The Bertz CT molecular complexity index is 617. The third-order valence-electron chi connectivity index (χ3n) is 3.07. The predicted molar refractivity (Wildman–Crippen MR) is 81.4 cm³/mol. The topological polar surface area (TPSA) is 75.2 Å². The van der Waals surface area contributed by atoms with Crippen LogP contribution in [0.2, 0.25) is 0 Å². The molecule has 6 heteroatoms. The van der Waals surface area contributed by atoms with Gasteiger partial charge in [-0.1, -0.05) is 12.1 Å². The minimum absolute atomic E-state index is 0.0110. The largest absolute Gasteiger partial charge is 0.349 e. The average Bonchev–Trinajstić information content (AvgIpc) is 2.54. The summed E-state index contributed by atoms with van der Waals surface area (Å²) in [7, 11) is 0. The average molecular weight is 298 g/mol. The molecule has 0 fully saturated rings. The van der Waals surface area contributed by atoms with Gasteiger partial charge in [-0.25, -0.2) is 0 Å². The zero-order valence-corrected chi connectivity index (χ0v) is 12.4. The summed E-state index contributed by atoms with van der Waals surface area (Å²) < 4.78 is 0. The molecular formula is C16H18N4O2. The van der Waals surface area contributed by atoms with Crippen molar-refractivity contribution in [2.75, 3.05) is 6.54 Å². The number of rotatable bonds is 6. The zero-order valence-electron chi connectivity index (χ0n) is 12.4. The SMILES string of the molecule is CC(=O)N(CC(=O)NCc1ccccn1)Cc1cccnc1. The maximum atomic E-state index is 12.0. The summed E-state index contributed by atoms with van der Waals surface area (Å²) >= 11 is 0. The van der Waals surface area contributed by atoms with Crippen LogP contribution in [0, 0.1) is 0 Å². The van der Waals surface area contributed by atoms with E-state index in [0.29, 0.717) is 13.1 Å². The molecule has 0 aliphatic heterocycles. The maximum absolute atomic E-state index is 12.0. The molecular weight excluding hydrogens is 280 g/mol. The van der Waals surface area contributed by atoms with Gasteiger partial charge < -0.3 is 10.2 Å². The van der Waals surface area contributed by atoms with Crippen LogP contribution in [0.1, 0.15) is 18.2 Å². The molecule has 6 nitrogen and oxygen atoms in total. The van der Waals surface area contributed by atoms with Crippen LogP contribution >= 0.6 is 0 Å². The quantitative estimate of drug-likeness (QED) is 0.868. The van der Waals surface area contributed by atoms with Crippen molar-refractivity contribution >= 4 is 11.8 Å². The molecule has 0 bridgehead atoms. The molecule has 0 saturated heterocycles. The van der Waals surface area contributed by atoms with Crippen LogP contribution in [0.4, 0.5) is 0 Å². The van der Waals surface area contributed by atoms with Gasteiger partial charge in [-0.2, -0.15) is 0 Å². The Labute approximate surface area is 129 Å². The fraction of sp³-hybridized carbons (Fsp3) is 0.250. The number of hydrogen-bond donors (Lipinski definition) is 1. The van der Waals surface area contributed by atoms with Crippen molar-refractivity contribution in [3.63, 3.8) is 0 Å². The standard InChI is InChI=1S/C16H18N4O2/c1-13(21)20(11-14-5-4-7-17-9-14)12-16(22)19-10-15-6-2-3-8-18-15/h2-9H,10-12H2,1H3,(H,19,22). The second-order valence-electron chi connectivity index (χ2n) is 4.83. The highest BCUT2D eigenvalue weighted by atomic mass is 16.2. The Balaban J connectivity index is 1.88. The van der Waals surface area contributed by atoms with Crippen LogP contribution in [0.25, 0.3) is 0 Å². The van der Waals surface area contributed by atoms with E-state index < -0.39 is 0 Å². The minimum atomic E-state index is -0.218. The molecule has 0 aromatic carbocycles. The summed E-state index contributed by atoms with van der Waals surface area (Å²) in [5.41, 5.74) is 1.66. The van der Waals surface area contributed by atoms with Gasteiger partial charge in [0.1, 0.15) is 0 Å². The lowest BCUT2D eigenvalue weighted by Gasteiger charge is -2.20. The van der Waals surface area contributed by atoms with Gasteiger partial charge in [0.2, 0.25) is 11.8 Å². The number of nitrogens with zero attached hydrogens (tertiary/aromatic N) is 3. The molecule has 0 saturated carbocycles. The molecule has 0 aliphatic rings. The molecule has 2 rings (SSSR count). The van der Waals surface area contributed by atoms with E-state index in [4.69, 9.17) is 0 Å². The van der Waals surface area contributed by atoms with Gasteiger partial charge in [-0.15, -0.1) is 0 Å². The van der Waals surface area contributed by atoms with Gasteiger partial charge in [0.25, 0.3) is 0 Å². The first kappa shape index (κ1) is 15.6. The summed E-state index contributed by atoms with van der Waals surface area (Å²) in [5, 5.41) is 2.76. The van der Waals surface area contributed by atoms with Crippen LogP contribution < -0.4 is 5.32 Å². The normalized spacial score (nSPS) is 10.0. The number of amides is 2. The van der Waals surface area contributed by atoms with Crippen molar-refractivity contribution in [1.82, 2.24) is 20.2 Å². The van der Waals surface area contributed by atoms with Crippen LogP contribution in [0.15, 0.2) is 48.9 Å². The first-order valence-electron chi connectivity index (χ1n) is 6.96. The van der Waals surface area contributed by atoms with Gasteiger partial charge in [0.05, 0.1) is 18.8 Å². The summed E-state index contributed by atoms with van der Waals surface area (Å²) in [6, 6.07) is 9.18. The fourth-order valence-corrected chi connectivity index (χ4v) is 1.91. The number of pyridine rings is 2. The van der Waals surface area contributed by atoms with E-state index in [1.807, 2.05) is 24.3 Å². The van der Waals surface area contributed by atoms with Crippen LogP contribution in [0.5, 0.6) is 0 Å². The first-order chi connectivity index (χ1) is 10.6. The van der Waals surface area contributed by atoms with E-state index in [9.17, 15) is 9.59 Å². The van der Waals surface area contributed by atoms with E-state index in [0.717, 1.165) is 11.3 Å². The van der Waals surface area contributed by atoms with Crippen molar-refractivity contribution < 1.29 is 9.59 Å². The maximum Gasteiger partial charge on any atom is 0.239 e. The van der Waals surface area contributed by atoms with Gasteiger partial charge >= 0.3 is 0 Å². The Hall–Kier alpha value is -2.76. The first-order valence-corrected chi connectivity index (χ1v) is 6.96. The molecule has 2 heterocycles. The second-order valence-corrected chi connectivity index (χ2v) is 4.83. The third-order valence-corrected chi connectivity index (χ3v) is 3.07. The second kappa shape index (κ2) is 7.87. The van der Waals surface area contributed by atoms with Crippen molar-refractivity contribution in [3.05, 3.63) is 60.2 Å². The number of carbonyl (C=O) groups is 2. The molecule has 2 aromatic rings. The van der Waals surface area contributed by atoms with E-state index in [1.54, 1.807) is 24.7 Å². The molecule has 114 valence electrons. The number of hydrogen-bond acceptors (Lipinski definition) is 4. The summed E-state index contributed by atoms with van der Waals surface area (Å²) in [5.74, 6) is -0.374. The number of nitrogens with one attached hydrogen (secondary N) is 1. The lowest BCUT2D eigenvalue weighted by molar-refractivity contribution is -0.135. The van der Waals surface area contributed by atoms with Crippen LogP contribution in [-0.2, 0) is 22.7 Å². The minimum Gasteiger partial charge on any atom is -0.349 e. The van der Waals surface area contributed by atoms with Gasteiger partial charge in [-0.3, -0.25) is 19.6 Å². The summed E-state index contributed by atoms with van der Waals surface area (Å²) in [4.78, 5) is 33.3.